The average molecular weight is 214 g/mol. The molecule has 2 nitrogen and oxygen atoms in total. The fraction of sp³-hybridized carbons (Fsp3) is 1.00. The Labute approximate surface area is 85.1 Å². The number of hydrogen-bond donors (Lipinski definition) is 0. The van der Waals surface area contributed by atoms with Crippen molar-refractivity contribution in [2.75, 3.05) is 56.4 Å². The van der Waals surface area contributed by atoms with E-state index < -0.39 is 0 Å². The Morgan fingerprint density at radius 3 is 0.455 bits per heavy atom. The van der Waals surface area contributed by atoms with Gasteiger partial charge in [0.1, 0.15) is 0 Å². The molecule has 0 atom stereocenters. The summed E-state index contributed by atoms with van der Waals surface area (Å²) in [5.41, 5.74) is 0. The second kappa shape index (κ2) is 6.10. The molecule has 0 saturated carbocycles. The molecule has 0 N–H and O–H groups in total. The molecule has 64 valence electrons. The van der Waals surface area contributed by atoms with Crippen LogP contribution in [0.3, 0.4) is 0 Å². The van der Waals surface area contributed by atoms with Crippen molar-refractivity contribution < 1.29 is 28.4 Å². The van der Waals surface area contributed by atoms with Gasteiger partial charge in [0.15, 0.2) is 0 Å². The predicted molar refractivity (Wildman–Crippen MR) is 47.9 cm³/mol. The number of rotatable bonds is 0. The molecule has 0 aromatic carbocycles. The van der Waals surface area contributed by atoms with Crippen molar-refractivity contribution in [3.05, 3.63) is 0 Å². The van der Waals surface area contributed by atoms with Crippen molar-refractivity contribution in [2.45, 2.75) is 0 Å². The van der Waals surface area contributed by atoms with Crippen molar-refractivity contribution in [1.82, 2.24) is 0 Å². The molecule has 0 aliphatic carbocycles. The smallest absolute Gasteiger partial charge is 0.333 e. The van der Waals surface area contributed by atoms with Gasteiger partial charge in [0.2, 0.25) is 0 Å². The van der Waals surface area contributed by atoms with Gasteiger partial charge in [-0.15, -0.1) is 0 Å². The second-order valence-corrected chi connectivity index (χ2v) is 5.37. The van der Waals surface area contributed by atoms with Crippen LogP contribution in [0.1, 0.15) is 0 Å². The number of nitrogens with zero attached hydrogens (tertiary/aromatic N) is 2. The van der Waals surface area contributed by atoms with Gasteiger partial charge in [0.25, 0.3) is 0 Å². The summed E-state index contributed by atoms with van der Waals surface area (Å²) < 4.78 is 2.00. The van der Waals surface area contributed by atoms with Crippen LogP contribution in [0.5, 0.6) is 0 Å². The SMILES string of the molecule is C[N+](C)(C)C.C[N+](C)(C)C.[Zn+2]. The summed E-state index contributed by atoms with van der Waals surface area (Å²) in [4.78, 5) is 0. The summed E-state index contributed by atoms with van der Waals surface area (Å²) in [7, 11) is 17.0. The fourth-order valence-electron chi connectivity index (χ4n) is 0. The van der Waals surface area contributed by atoms with Gasteiger partial charge in [-0.2, -0.15) is 0 Å². The molecule has 0 aromatic heterocycles. The summed E-state index contributed by atoms with van der Waals surface area (Å²) >= 11 is 0. The monoisotopic (exact) mass is 212 g/mol. The molecule has 0 aromatic rings. The molecule has 0 bridgehead atoms. The molecular formula is C8H24N2Zn+4. The van der Waals surface area contributed by atoms with Crippen LogP contribution < -0.4 is 0 Å². The normalized spacial score (nSPS) is 10.9. The van der Waals surface area contributed by atoms with Crippen LogP contribution >= 0.6 is 0 Å². The van der Waals surface area contributed by atoms with Crippen LogP contribution in [-0.2, 0) is 19.5 Å². The van der Waals surface area contributed by atoms with E-state index in [-0.39, 0.29) is 19.5 Å². The van der Waals surface area contributed by atoms with E-state index in [0.717, 1.165) is 8.97 Å². The van der Waals surface area contributed by atoms with Crippen LogP contribution in [0.4, 0.5) is 0 Å². The van der Waals surface area contributed by atoms with Crippen molar-refractivity contribution in [1.29, 1.82) is 0 Å². The predicted octanol–water partition coefficient (Wildman–Crippen LogP) is 0.642. The van der Waals surface area contributed by atoms with Crippen molar-refractivity contribution >= 4 is 0 Å². The second-order valence-electron chi connectivity index (χ2n) is 5.37. The van der Waals surface area contributed by atoms with Crippen LogP contribution in [0.2, 0.25) is 0 Å². The molecule has 0 heterocycles. The van der Waals surface area contributed by atoms with Gasteiger partial charge in [-0.25, -0.2) is 0 Å². The zero-order valence-electron chi connectivity index (χ0n) is 9.60. The zero-order valence-corrected chi connectivity index (χ0v) is 12.6. The van der Waals surface area contributed by atoms with Crippen LogP contribution in [0.15, 0.2) is 0 Å². The Bertz CT molecular complexity index is 55.1. The summed E-state index contributed by atoms with van der Waals surface area (Å²) in [6.45, 7) is 0. The minimum atomic E-state index is 0. The van der Waals surface area contributed by atoms with Gasteiger partial charge in [-0.3, -0.25) is 0 Å². The molecule has 0 amide bonds. The van der Waals surface area contributed by atoms with E-state index in [0.29, 0.717) is 0 Å². The third-order valence-electron chi connectivity index (χ3n) is 0. The van der Waals surface area contributed by atoms with E-state index >= 15 is 0 Å². The summed E-state index contributed by atoms with van der Waals surface area (Å²) in [6.07, 6.45) is 0. The van der Waals surface area contributed by atoms with Crippen LogP contribution in [0, 0.1) is 0 Å². The van der Waals surface area contributed by atoms with Gasteiger partial charge >= 0.3 is 19.5 Å². The minimum absolute atomic E-state index is 0. The van der Waals surface area contributed by atoms with E-state index in [1.54, 1.807) is 0 Å². The maximum atomic E-state index is 2.12. The van der Waals surface area contributed by atoms with Gasteiger partial charge in [-0.05, 0) is 0 Å². The zero-order chi connectivity index (χ0) is 9.00. The molecule has 0 unspecified atom stereocenters. The van der Waals surface area contributed by atoms with Gasteiger partial charge < -0.3 is 8.97 Å². The molecule has 0 radical (unpaired) electrons. The van der Waals surface area contributed by atoms with Crippen molar-refractivity contribution in [3.8, 4) is 0 Å². The molecule has 0 spiro atoms. The Kier molecular flexibility index (Phi) is 9.75. The van der Waals surface area contributed by atoms with Gasteiger partial charge in [0.05, 0.1) is 56.4 Å². The minimum Gasteiger partial charge on any atom is -0.333 e. The quantitative estimate of drug-likeness (QED) is 0.409. The van der Waals surface area contributed by atoms with Crippen LogP contribution in [0.25, 0.3) is 0 Å². The third-order valence-corrected chi connectivity index (χ3v) is 0. The molecular weight excluding hydrogens is 189 g/mol. The topological polar surface area (TPSA) is 0 Å². The largest absolute Gasteiger partial charge is 2.00 e. The van der Waals surface area contributed by atoms with E-state index in [2.05, 4.69) is 56.4 Å². The Morgan fingerprint density at radius 2 is 0.455 bits per heavy atom. The van der Waals surface area contributed by atoms with Gasteiger partial charge in [0, 0.05) is 0 Å². The maximum Gasteiger partial charge on any atom is 2.00 e. The molecule has 11 heavy (non-hydrogen) atoms. The maximum absolute atomic E-state index is 2.12. The average Bonchev–Trinajstić information content (AvgIpc) is 1.12. The van der Waals surface area contributed by atoms with Crippen molar-refractivity contribution in [2.24, 2.45) is 0 Å². The summed E-state index contributed by atoms with van der Waals surface area (Å²) in [5, 5.41) is 0. The van der Waals surface area contributed by atoms with E-state index in [1.165, 1.54) is 0 Å². The first-order chi connectivity index (χ1) is 4.00. The first-order valence-corrected chi connectivity index (χ1v) is 3.58. The van der Waals surface area contributed by atoms with E-state index in [4.69, 9.17) is 0 Å². The Hall–Kier alpha value is 0.543. The molecule has 0 fully saturated rings. The molecule has 0 rings (SSSR count). The van der Waals surface area contributed by atoms with Gasteiger partial charge in [-0.1, -0.05) is 0 Å². The first kappa shape index (κ1) is 17.6. The first-order valence-electron chi connectivity index (χ1n) is 3.58. The Balaban J connectivity index is -0.000000107. The number of hydrogen-bond acceptors (Lipinski definition) is 0. The molecule has 0 saturated heterocycles. The van der Waals surface area contributed by atoms with E-state index in [1.807, 2.05) is 0 Å². The summed E-state index contributed by atoms with van der Waals surface area (Å²) in [6, 6.07) is 0. The fourth-order valence-corrected chi connectivity index (χ4v) is 0. The van der Waals surface area contributed by atoms with E-state index in [9.17, 15) is 0 Å². The Morgan fingerprint density at radius 1 is 0.455 bits per heavy atom. The number of quaternary nitrogens is 2. The molecule has 0 aliphatic rings. The van der Waals surface area contributed by atoms with Crippen molar-refractivity contribution in [3.63, 3.8) is 0 Å². The van der Waals surface area contributed by atoms with Crippen LogP contribution in [-0.4, -0.2) is 65.3 Å². The molecule has 3 heteroatoms. The third kappa shape index (κ3) is 2610. The summed E-state index contributed by atoms with van der Waals surface area (Å²) in [5.74, 6) is 0. The standard InChI is InChI=1S/2C4H12N.Zn/c2*1-5(2,3)4;/h2*1-4H3;/q2*+1;+2. The molecule has 0 aliphatic heterocycles.